The quantitative estimate of drug-likeness (QED) is 0.666. The van der Waals surface area contributed by atoms with Gasteiger partial charge in [-0.1, -0.05) is 30.6 Å². The minimum absolute atomic E-state index is 0.0511. The summed E-state index contributed by atoms with van der Waals surface area (Å²) >= 11 is 5.83. The second-order valence-corrected chi connectivity index (χ2v) is 6.66. The molecule has 2 aromatic heterocycles. The van der Waals surface area contributed by atoms with Gasteiger partial charge in [0.1, 0.15) is 11.8 Å². The number of nitrogens with one attached hydrogen (secondary N) is 1. The third-order valence-corrected chi connectivity index (χ3v) is 4.07. The number of aromatic nitrogens is 3. The molecule has 1 aromatic carbocycles. The number of hydrogen-bond donors (Lipinski definition) is 1. The van der Waals surface area contributed by atoms with Gasteiger partial charge in [0.25, 0.3) is 5.91 Å². The first-order valence-electron chi connectivity index (χ1n) is 8.44. The maximum absolute atomic E-state index is 12.3. The van der Waals surface area contributed by atoms with E-state index in [1.807, 2.05) is 13.8 Å². The number of hydrogen-bond acceptors (Lipinski definition) is 6. The standard InChI is InChI=1S/C19H19ClN4O3/c1-12(2)17(19-23-18(24-27-19)13-7-9-21-10-8-13)22-16(25)11-26-15-5-3-14(20)4-6-15/h3-10,12,17H,11H2,1-2H3,(H,22,25). The van der Waals surface area contributed by atoms with Gasteiger partial charge < -0.3 is 14.6 Å². The van der Waals surface area contributed by atoms with E-state index in [0.29, 0.717) is 22.5 Å². The summed E-state index contributed by atoms with van der Waals surface area (Å²) in [6, 6.07) is 9.96. The summed E-state index contributed by atoms with van der Waals surface area (Å²) in [6.07, 6.45) is 3.31. The Labute approximate surface area is 161 Å². The van der Waals surface area contributed by atoms with E-state index in [1.54, 1.807) is 48.8 Å². The third-order valence-electron chi connectivity index (χ3n) is 3.81. The predicted octanol–water partition coefficient (Wildman–Crippen LogP) is 3.68. The zero-order valence-corrected chi connectivity index (χ0v) is 15.7. The van der Waals surface area contributed by atoms with E-state index in [2.05, 4.69) is 20.4 Å². The number of amides is 1. The summed E-state index contributed by atoms with van der Waals surface area (Å²) in [7, 11) is 0. The van der Waals surface area contributed by atoms with Crippen LogP contribution in [0.2, 0.25) is 5.02 Å². The van der Waals surface area contributed by atoms with Crippen molar-refractivity contribution >= 4 is 17.5 Å². The Morgan fingerprint density at radius 1 is 1.19 bits per heavy atom. The molecular formula is C19H19ClN4O3. The lowest BCUT2D eigenvalue weighted by molar-refractivity contribution is -0.124. The maximum Gasteiger partial charge on any atom is 0.258 e. The van der Waals surface area contributed by atoms with Crippen LogP contribution in [0.4, 0.5) is 0 Å². The van der Waals surface area contributed by atoms with Crippen LogP contribution in [0.25, 0.3) is 11.4 Å². The van der Waals surface area contributed by atoms with Crippen molar-refractivity contribution < 1.29 is 14.1 Å². The van der Waals surface area contributed by atoms with Crippen molar-refractivity contribution in [2.75, 3.05) is 6.61 Å². The van der Waals surface area contributed by atoms with Gasteiger partial charge in [-0.05, 0) is 42.3 Å². The molecule has 0 radical (unpaired) electrons. The van der Waals surface area contributed by atoms with E-state index in [4.69, 9.17) is 20.9 Å². The number of carbonyl (C=O) groups is 1. The first-order valence-corrected chi connectivity index (χ1v) is 8.82. The van der Waals surface area contributed by atoms with Crippen LogP contribution >= 0.6 is 11.6 Å². The van der Waals surface area contributed by atoms with E-state index in [0.717, 1.165) is 5.56 Å². The lowest BCUT2D eigenvalue weighted by Gasteiger charge is -2.18. The molecule has 1 unspecified atom stereocenters. The topological polar surface area (TPSA) is 90.1 Å². The van der Waals surface area contributed by atoms with Crippen LogP contribution in [0.15, 0.2) is 53.3 Å². The largest absolute Gasteiger partial charge is 0.484 e. The molecule has 0 aliphatic rings. The van der Waals surface area contributed by atoms with Crippen LogP contribution in [0.3, 0.4) is 0 Å². The Hall–Kier alpha value is -2.93. The molecule has 140 valence electrons. The molecule has 3 aromatic rings. The predicted molar refractivity (Wildman–Crippen MR) is 100 cm³/mol. The number of ether oxygens (including phenoxy) is 1. The summed E-state index contributed by atoms with van der Waals surface area (Å²) in [6.45, 7) is 3.79. The first kappa shape index (κ1) is 18.8. The van der Waals surface area contributed by atoms with Crippen LogP contribution in [-0.2, 0) is 4.79 Å². The van der Waals surface area contributed by atoms with Gasteiger partial charge in [-0.2, -0.15) is 4.98 Å². The van der Waals surface area contributed by atoms with Gasteiger partial charge in [0.05, 0.1) is 0 Å². The molecule has 0 bridgehead atoms. The molecule has 0 saturated heterocycles. The van der Waals surface area contributed by atoms with E-state index in [9.17, 15) is 4.79 Å². The Kier molecular flexibility index (Phi) is 6.03. The third kappa shape index (κ3) is 5.04. The molecule has 1 N–H and O–H groups in total. The molecule has 3 rings (SSSR count). The van der Waals surface area contributed by atoms with Gasteiger partial charge in [-0.25, -0.2) is 0 Å². The van der Waals surface area contributed by atoms with Gasteiger partial charge >= 0.3 is 0 Å². The lowest BCUT2D eigenvalue weighted by atomic mass is 10.0. The monoisotopic (exact) mass is 386 g/mol. The van der Waals surface area contributed by atoms with Crippen LogP contribution in [0, 0.1) is 5.92 Å². The highest BCUT2D eigenvalue weighted by Crippen LogP contribution is 2.23. The Balaban J connectivity index is 1.64. The van der Waals surface area contributed by atoms with Crippen LogP contribution in [0.1, 0.15) is 25.8 Å². The summed E-state index contributed by atoms with van der Waals surface area (Å²) in [5, 5.41) is 7.48. The minimum Gasteiger partial charge on any atom is -0.484 e. The number of rotatable bonds is 7. The molecule has 7 nitrogen and oxygen atoms in total. The number of carbonyl (C=O) groups excluding carboxylic acids is 1. The van der Waals surface area contributed by atoms with Gasteiger partial charge in [-0.15, -0.1) is 0 Å². The van der Waals surface area contributed by atoms with E-state index in [-0.39, 0.29) is 18.4 Å². The zero-order valence-electron chi connectivity index (χ0n) is 14.9. The maximum atomic E-state index is 12.3. The molecule has 2 heterocycles. The van der Waals surface area contributed by atoms with Gasteiger partial charge in [-0.3, -0.25) is 9.78 Å². The molecule has 0 fully saturated rings. The fourth-order valence-corrected chi connectivity index (χ4v) is 2.51. The molecule has 1 atom stereocenters. The average molecular weight is 387 g/mol. The van der Waals surface area contributed by atoms with Crippen molar-refractivity contribution in [1.29, 1.82) is 0 Å². The number of nitrogens with zero attached hydrogens (tertiary/aromatic N) is 3. The molecule has 1 amide bonds. The van der Waals surface area contributed by atoms with Gasteiger partial charge in [0.2, 0.25) is 11.7 Å². The van der Waals surface area contributed by atoms with E-state index in [1.165, 1.54) is 0 Å². The highest BCUT2D eigenvalue weighted by molar-refractivity contribution is 6.30. The fraction of sp³-hybridized carbons (Fsp3) is 0.263. The number of halogens is 1. The van der Waals surface area contributed by atoms with Crippen molar-refractivity contribution in [3.8, 4) is 17.1 Å². The van der Waals surface area contributed by atoms with E-state index < -0.39 is 6.04 Å². The first-order chi connectivity index (χ1) is 13.0. The second-order valence-electron chi connectivity index (χ2n) is 6.22. The van der Waals surface area contributed by atoms with Crippen molar-refractivity contribution in [1.82, 2.24) is 20.4 Å². The number of pyridine rings is 1. The molecular weight excluding hydrogens is 368 g/mol. The fourth-order valence-electron chi connectivity index (χ4n) is 2.39. The van der Waals surface area contributed by atoms with Crippen molar-refractivity contribution in [2.45, 2.75) is 19.9 Å². The Bertz CT molecular complexity index is 881. The van der Waals surface area contributed by atoms with Gasteiger partial charge in [0.15, 0.2) is 6.61 Å². The van der Waals surface area contributed by atoms with Crippen molar-refractivity contribution in [3.63, 3.8) is 0 Å². The number of benzene rings is 1. The molecule has 27 heavy (non-hydrogen) atoms. The van der Waals surface area contributed by atoms with Crippen molar-refractivity contribution in [2.24, 2.45) is 5.92 Å². The molecule has 0 aliphatic carbocycles. The molecule has 0 aliphatic heterocycles. The molecule has 0 saturated carbocycles. The normalized spacial score (nSPS) is 12.0. The smallest absolute Gasteiger partial charge is 0.258 e. The molecule has 0 spiro atoms. The zero-order chi connectivity index (χ0) is 19.2. The Morgan fingerprint density at radius 3 is 2.56 bits per heavy atom. The van der Waals surface area contributed by atoms with Crippen molar-refractivity contribution in [3.05, 3.63) is 59.7 Å². The SMILES string of the molecule is CC(C)C(NC(=O)COc1ccc(Cl)cc1)c1nc(-c2ccncc2)no1. The molecule has 8 heteroatoms. The summed E-state index contributed by atoms with van der Waals surface area (Å²) in [5.41, 5.74) is 0.792. The van der Waals surface area contributed by atoms with Gasteiger partial charge in [0, 0.05) is 23.0 Å². The van der Waals surface area contributed by atoms with Crippen LogP contribution in [0.5, 0.6) is 5.75 Å². The highest BCUT2D eigenvalue weighted by atomic mass is 35.5. The average Bonchev–Trinajstić information content (AvgIpc) is 3.16. The highest BCUT2D eigenvalue weighted by Gasteiger charge is 2.25. The summed E-state index contributed by atoms with van der Waals surface area (Å²) in [5.74, 6) is 1.12. The minimum atomic E-state index is -0.422. The summed E-state index contributed by atoms with van der Waals surface area (Å²) in [4.78, 5) is 20.7. The van der Waals surface area contributed by atoms with Crippen LogP contribution < -0.4 is 10.1 Å². The Morgan fingerprint density at radius 2 is 1.89 bits per heavy atom. The lowest BCUT2D eigenvalue weighted by Crippen LogP contribution is -2.35. The van der Waals surface area contributed by atoms with E-state index >= 15 is 0 Å². The second kappa shape index (κ2) is 8.64. The summed E-state index contributed by atoms with van der Waals surface area (Å²) < 4.78 is 10.8. The van der Waals surface area contributed by atoms with Crippen LogP contribution in [-0.4, -0.2) is 27.6 Å².